The lowest BCUT2D eigenvalue weighted by Gasteiger charge is -2.46. The number of allylic oxidation sites excluding steroid dienone is 5. The number of carbonyl (C=O) groups excluding carboxylic acids is 1. The van der Waals surface area contributed by atoms with Crippen LogP contribution in [0, 0.1) is 0 Å². The second kappa shape index (κ2) is 69.3. The van der Waals surface area contributed by atoms with Crippen LogP contribution in [-0.4, -0.2) is 140 Å². The Labute approximate surface area is 608 Å². The number of hydrogen-bond acceptors (Lipinski definition) is 13. The number of aliphatic hydroxyl groups is 8. The van der Waals surface area contributed by atoms with Crippen LogP contribution in [0.5, 0.6) is 0 Å². The SMILES string of the molecule is CCCCCCC/C=C\C/C=C\CCCCCCCCCCCCCCCCCCCCCCCCCC(=O)NC(COC1OC(CO)C(OC2OC(CO)C(O)C(O)C2O)C(O)C1O)C(O)/C=C/CCCCCCCCCCCCCCCCCCCCCCCCCCCCCC. The summed E-state index contributed by atoms with van der Waals surface area (Å²) in [5, 5.41) is 87.8. The van der Waals surface area contributed by atoms with Crippen molar-refractivity contribution in [3.63, 3.8) is 0 Å². The molecular formula is C85H161NO13. The summed E-state index contributed by atoms with van der Waals surface area (Å²) in [6, 6.07) is -0.915. The Kier molecular flexibility index (Phi) is 65.3. The van der Waals surface area contributed by atoms with E-state index < -0.39 is 86.8 Å². The van der Waals surface area contributed by atoms with Gasteiger partial charge in [-0.2, -0.15) is 0 Å². The van der Waals surface area contributed by atoms with E-state index in [0.717, 1.165) is 44.9 Å². The van der Waals surface area contributed by atoms with Crippen molar-refractivity contribution < 1.29 is 64.6 Å². The Balaban J connectivity index is 1.59. The predicted molar refractivity (Wildman–Crippen MR) is 411 cm³/mol. The van der Waals surface area contributed by atoms with Gasteiger partial charge in [-0.25, -0.2) is 0 Å². The molecule has 2 heterocycles. The van der Waals surface area contributed by atoms with Crippen LogP contribution in [0.4, 0.5) is 0 Å². The van der Waals surface area contributed by atoms with Gasteiger partial charge in [-0.1, -0.05) is 384 Å². The standard InChI is InChI=1S/C85H161NO13/c1-3-5-7-9-11-13-15-17-19-21-23-25-27-29-31-33-35-36-37-38-39-41-43-45-47-49-51-53-55-57-59-61-63-65-67-69-77(90)86-73(72-96-84-82(95)80(93)83(76(71-88)98-84)99-85-81(94)79(92)78(91)75(70-87)97-85)74(89)68-66-64-62-60-58-56-54-52-50-48-46-44-42-40-34-32-30-28-26-24-22-20-18-16-14-12-10-8-6-4-2/h15,17,21,23,66,68,73-76,78-85,87-89,91-95H,3-14,16,18-20,22,24-65,67,69-72H2,1-2H3,(H,86,90)/b17-15-,23-21-,68-66+. The maximum Gasteiger partial charge on any atom is 0.220 e. The first-order chi connectivity index (χ1) is 48.6. The topological polar surface area (TPSA) is 228 Å². The minimum absolute atomic E-state index is 0.230. The molecule has 0 saturated carbocycles. The van der Waals surface area contributed by atoms with Crippen LogP contribution in [0.2, 0.25) is 0 Å². The molecule has 9 N–H and O–H groups in total. The Hall–Kier alpha value is -1.79. The van der Waals surface area contributed by atoms with E-state index in [4.69, 9.17) is 18.9 Å². The molecule has 0 radical (unpaired) electrons. The molecule has 0 spiro atoms. The lowest BCUT2D eigenvalue weighted by molar-refractivity contribution is -0.359. The minimum atomic E-state index is -1.79. The molecule has 2 rings (SSSR count). The number of hydrogen-bond donors (Lipinski definition) is 9. The highest BCUT2D eigenvalue weighted by Crippen LogP contribution is 2.30. The summed E-state index contributed by atoms with van der Waals surface area (Å²) in [4.78, 5) is 13.4. The zero-order valence-corrected chi connectivity index (χ0v) is 64.3. The molecule has 12 unspecified atom stereocenters. The van der Waals surface area contributed by atoms with Gasteiger partial charge in [0, 0.05) is 6.42 Å². The third-order valence-electron chi connectivity index (χ3n) is 21.1. The molecule has 2 aliphatic heterocycles. The molecule has 14 nitrogen and oxygen atoms in total. The Bertz CT molecular complexity index is 1800. The first-order valence-electron chi connectivity index (χ1n) is 42.7. The maximum absolute atomic E-state index is 13.4. The van der Waals surface area contributed by atoms with E-state index in [0.29, 0.717) is 6.42 Å². The average Bonchev–Trinajstić information content (AvgIpc) is 0.799. The van der Waals surface area contributed by atoms with Crippen LogP contribution >= 0.6 is 0 Å². The lowest BCUT2D eigenvalue weighted by atomic mass is 9.97. The fourth-order valence-corrected chi connectivity index (χ4v) is 14.3. The van der Waals surface area contributed by atoms with Crippen molar-refractivity contribution in [1.82, 2.24) is 5.32 Å². The van der Waals surface area contributed by atoms with Crippen molar-refractivity contribution in [2.45, 2.75) is 479 Å². The second-order valence-corrected chi connectivity index (χ2v) is 30.3. The van der Waals surface area contributed by atoms with Crippen LogP contribution in [0.3, 0.4) is 0 Å². The van der Waals surface area contributed by atoms with E-state index in [-0.39, 0.29) is 18.9 Å². The van der Waals surface area contributed by atoms with Gasteiger partial charge in [0.25, 0.3) is 0 Å². The number of nitrogens with one attached hydrogen (secondary N) is 1. The summed E-state index contributed by atoms with van der Waals surface area (Å²) in [6.45, 7) is 2.86. The van der Waals surface area contributed by atoms with E-state index in [1.165, 1.54) is 334 Å². The Morgan fingerprint density at radius 1 is 0.364 bits per heavy atom. The van der Waals surface area contributed by atoms with E-state index in [1.54, 1.807) is 6.08 Å². The molecule has 0 aliphatic carbocycles. The van der Waals surface area contributed by atoms with Crippen LogP contribution in [0.15, 0.2) is 36.5 Å². The maximum atomic E-state index is 13.4. The van der Waals surface area contributed by atoms with Gasteiger partial charge in [-0.3, -0.25) is 4.79 Å². The molecule has 1 amide bonds. The zero-order valence-electron chi connectivity index (χ0n) is 64.3. The van der Waals surface area contributed by atoms with Gasteiger partial charge in [0.2, 0.25) is 5.91 Å². The van der Waals surface area contributed by atoms with Crippen molar-refractivity contribution in [3.05, 3.63) is 36.5 Å². The Morgan fingerprint density at radius 2 is 0.667 bits per heavy atom. The molecule has 2 fully saturated rings. The van der Waals surface area contributed by atoms with Crippen molar-refractivity contribution in [1.29, 1.82) is 0 Å². The highest BCUT2D eigenvalue weighted by atomic mass is 16.7. The molecule has 0 aromatic carbocycles. The molecule has 12 atom stereocenters. The van der Waals surface area contributed by atoms with Gasteiger partial charge in [-0.05, 0) is 51.4 Å². The van der Waals surface area contributed by atoms with Gasteiger partial charge in [0.15, 0.2) is 12.6 Å². The number of rotatable bonds is 73. The minimum Gasteiger partial charge on any atom is -0.394 e. The van der Waals surface area contributed by atoms with Crippen molar-refractivity contribution in [2.75, 3.05) is 19.8 Å². The predicted octanol–water partition coefficient (Wildman–Crippen LogP) is 20.0. The summed E-state index contributed by atoms with van der Waals surface area (Å²) in [7, 11) is 0. The quantitative estimate of drug-likeness (QED) is 0.0204. The molecule has 0 bridgehead atoms. The summed E-state index contributed by atoms with van der Waals surface area (Å²) < 4.78 is 23.0. The summed E-state index contributed by atoms with van der Waals surface area (Å²) in [5.41, 5.74) is 0. The fourth-order valence-electron chi connectivity index (χ4n) is 14.3. The molecule has 584 valence electrons. The average molecular weight is 1410 g/mol. The van der Waals surface area contributed by atoms with Gasteiger partial charge in [0.1, 0.15) is 48.8 Å². The van der Waals surface area contributed by atoms with Crippen molar-refractivity contribution >= 4 is 5.91 Å². The smallest absolute Gasteiger partial charge is 0.220 e. The molecular weight excluding hydrogens is 1240 g/mol. The highest BCUT2D eigenvalue weighted by Gasteiger charge is 2.51. The monoisotopic (exact) mass is 1400 g/mol. The van der Waals surface area contributed by atoms with Gasteiger partial charge in [0.05, 0.1) is 32.0 Å². The molecule has 99 heavy (non-hydrogen) atoms. The fraction of sp³-hybridized carbons (Fsp3) is 0.918. The van der Waals surface area contributed by atoms with E-state index in [1.807, 2.05) is 6.08 Å². The number of unbranched alkanes of at least 4 members (excludes halogenated alkanes) is 56. The first-order valence-corrected chi connectivity index (χ1v) is 42.7. The largest absolute Gasteiger partial charge is 0.394 e. The highest BCUT2D eigenvalue weighted by molar-refractivity contribution is 5.76. The lowest BCUT2D eigenvalue weighted by Crippen LogP contribution is -2.65. The van der Waals surface area contributed by atoms with Crippen LogP contribution in [-0.2, 0) is 23.7 Å². The second-order valence-electron chi connectivity index (χ2n) is 30.3. The van der Waals surface area contributed by atoms with E-state index in [9.17, 15) is 45.6 Å². The van der Waals surface area contributed by atoms with Gasteiger partial charge in [-0.15, -0.1) is 0 Å². The van der Waals surface area contributed by atoms with Crippen LogP contribution in [0.25, 0.3) is 0 Å². The number of ether oxygens (including phenoxy) is 4. The molecule has 14 heteroatoms. The van der Waals surface area contributed by atoms with Gasteiger partial charge < -0.3 is 65.1 Å². The summed E-state index contributed by atoms with van der Waals surface area (Å²) >= 11 is 0. The Morgan fingerprint density at radius 3 is 1.01 bits per heavy atom. The first kappa shape index (κ1) is 93.3. The number of carbonyl (C=O) groups is 1. The normalized spacial score (nSPS) is 22.0. The number of amides is 1. The van der Waals surface area contributed by atoms with Crippen LogP contribution in [0.1, 0.15) is 406 Å². The van der Waals surface area contributed by atoms with E-state index >= 15 is 0 Å². The summed E-state index contributed by atoms with van der Waals surface area (Å²) in [6.07, 6.45) is 75.3. The van der Waals surface area contributed by atoms with Crippen LogP contribution < -0.4 is 5.32 Å². The third-order valence-corrected chi connectivity index (χ3v) is 21.1. The zero-order chi connectivity index (χ0) is 71.5. The third kappa shape index (κ3) is 51.9. The van der Waals surface area contributed by atoms with Gasteiger partial charge >= 0.3 is 0 Å². The molecule has 0 aromatic heterocycles. The van der Waals surface area contributed by atoms with E-state index in [2.05, 4.69) is 43.5 Å². The molecule has 2 aliphatic rings. The number of aliphatic hydroxyl groups excluding tert-OH is 8. The molecule has 0 aromatic rings. The summed E-state index contributed by atoms with van der Waals surface area (Å²) in [5.74, 6) is -0.230. The molecule has 2 saturated heterocycles. The van der Waals surface area contributed by atoms with Crippen molar-refractivity contribution in [2.24, 2.45) is 0 Å². The van der Waals surface area contributed by atoms with Crippen molar-refractivity contribution in [3.8, 4) is 0 Å².